The van der Waals surface area contributed by atoms with Gasteiger partial charge in [0.2, 0.25) is 0 Å². The smallest absolute Gasteiger partial charge is 0.325 e. The van der Waals surface area contributed by atoms with Crippen molar-refractivity contribution >= 4 is 34.5 Å². The standard InChI is InChI=1S/C30H27F2IN4O5/c1-16(17-5-3-2-4-6-17)27(28-34-13-24(35-28)25-22(31)11-19(33)12-23(25)32)37-29(40)26(36-30(37)41)18-7-9-20(10-8-18)42-21(14-38)15-39/h2-13,16,21,26-27,38-39H,14-15H2,1H3,(H,34,35)(H,36,41)/t16-,26?,27-/m0/s1. The molecule has 0 bridgehead atoms. The SMILES string of the molecule is C[C@@H](c1ccccc1)[C@@H](c1ncc(-c2c(F)cc(I)cc2F)[nH]1)N1C(=O)NC(c2ccc(OC(CO)CO)cc2)C1=O. The molecule has 4 N–H and O–H groups in total. The van der Waals surface area contributed by atoms with Gasteiger partial charge in [-0.05, 0) is 58.0 Å². The number of amides is 3. The molecule has 2 heterocycles. The summed E-state index contributed by atoms with van der Waals surface area (Å²) in [4.78, 5) is 35.7. The molecule has 12 heteroatoms. The number of aromatic nitrogens is 2. The van der Waals surface area contributed by atoms with E-state index in [9.17, 15) is 28.6 Å². The summed E-state index contributed by atoms with van der Waals surface area (Å²) in [7, 11) is 0. The van der Waals surface area contributed by atoms with Crippen molar-refractivity contribution < 1.29 is 33.3 Å². The van der Waals surface area contributed by atoms with Crippen molar-refractivity contribution in [3.05, 3.63) is 105 Å². The highest BCUT2D eigenvalue weighted by atomic mass is 127. The number of nitrogens with zero attached hydrogens (tertiary/aromatic N) is 2. The highest BCUT2D eigenvalue weighted by molar-refractivity contribution is 14.1. The van der Waals surface area contributed by atoms with Crippen LogP contribution in [-0.2, 0) is 4.79 Å². The fourth-order valence-electron chi connectivity index (χ4n) is 4.98. The third kappa shape index (κ3) is 5.87. The monoisotopic (exact) mass is 688 g/mol. The van der Waals surface area contributed by atoms with E-state index >= 15 is 0 Å². The first-order valence-electron chi connectivity index (χ1n) is 13.1. The van der Waals surface area contributed by atoms with Gasteiger partial charge < -0.3 is 25.3 Å². The van der Waals surface area contributed by atoms with Crippen LogP contribution < -0.4 is 10.1 Å². The Hall–Kier alpha value is -3.88. The van der Waals surface area contributed by atoms with Gasteiger partial charge in [-0.15, -0.1) is 0 Å². The Morgan fingerprint density at radius 2 is 1.67 bits per heavy atom. The molecular formula is C30H27F2IN4O5. The molecule has 0 saturated carbocycles. The van der Waals surface area contributed by atoms with E-state index in [2.05, 4.69) is 15.3 Å². The number of aliphatic hydroxyl groups excluding tert-OH is 2. The van der Waals surface area contributed by atoms with Gasteiger partial charge in [0.25, 0.3) is 5.91 Å². The van der Waals surface area contributed by atoms with Gasteiger partial charge in [0.15, 0.2) is 0 Å². The quantitative estimate of drug-likeness (QED) is 0.140. The molecular weight excluding hydrogens is 661 g/mol. The summed E-state index contributed by atoms with van der Waals surface area (Å²) in [5, 5.41) is 21.2. The number of carbonyl (C=O) groups is 2. The van der Waals surface area contributed by atoms with Crippen LogP contribution in [0.4, 0.5) is 13.6 Å². The van der Waals surface area contributed by atoms with Gasteiger partial charge in [-0.1, -0.05) is 49.4 Å². The molecule has 218 valence electrons. The van der Waals surface area contributed by atoms with Crippen LogP contribution in [-0.4, -0.2) is 56.3 Å². The van der Waals surface area contributed by atoms with Gasteiger partial charge >= 0.3 is 6.03 Å². The number of H-pyrrole nitrogens is 1. The minimum atomic E-state index is -1.01. The second-order valence-electron chi connectivity index (χ2n) is 9.84. The maximum atomic E-state index is 14.8. The van der Waals surface area contributed by atoms with Gasteiger partial charge in [-0.3, -0.25) is 9.69 Å². The number of imidazole rings is 1. The number of hydrogen-bond acceptors (Lipinski definition) is 6. The molecule has 4 aromatic rings. The predicted molar refractivity (Wildman–Crippen MR) is 157 cm³/mol. The van der Waals surface area contributed by atoms with E-state index < -0.39 is 47.7 Å². The average Bonchev–Trinajstić information content (AvgIpc) is 3.57. The van der Waals surface area contributed by atoms with Crippen LogP contribution in [0.2, 0.25) is 0 Å². The lowest BCUT2D eigenvalue weighted by molar-refractivity contribution is -0.129. The van der Waals surface area contributed by atoms with Crippen LogP contribution in [0.5, 0.6) is 5.75 Å². The predicted octanol–water partition coefficient (Wildman–Crippen LogP) is 4.83. The Kier molecular flexibility index (Phi) is 8.85. The first-order chi connectivity index (χ1) is 20.2. The normalized spacial score (nSPS) is 16.5. The number of nitrogens with one attached hydrogen (secondary N) is 2. The number of rotatable bonds is 10. The fraction of sp³-hybridized carbons (Fsp3) is 0.233. The molecule has 3 atom stereocenters. The number of aromatic amines is 1. The lowest BCUT2D eigenvalue weighted by Gasteiger charge is -2.29. The molecule has 1 aliphatic heterocycles. The lowest BCUT2D eigenvalue weighted by Crippen LogP contribution is -2.38. The van der Waals surface area contributed by atoms with Gasteiger partial charge in [-0.25, -0.2) is 18.6 Å². The van der Waals surface area contributed by atoms with E-state index in [1.54, 1.807) is 24.3 Å². The van der Waals surface area contributed by atoms with E-state index in [0.29, 0.717) is 14.9 Å². The summed E-state index contributed by atoms with van der Waals surface area (Å²) in [6.45, 7) is 1.10. The molecule has 9 nitrogen and oxygen atoms in total. The molecule has 0 radical (unpaired) electrons. The molecule has 1 unspecified atom stereocenters. The van der Waals surface area contributed by atoms with Crippen LogP contribution in [0.3, 0.4) is 0 Å². The van der Waals surface area contributed by atoms with E-state index in [1.807, 2.05) is 59.8 Å². The highest BCUT2D eigenvalue weighted by Gasteiger charge is 2.46. The summed E-state index contributed by atoms with van der Waals surface area (Å²) in [6, 6.07) is 15.4. The Balaban J connectivity index is 1.49. The lowest BCUT2D eigenvalue weighted by atomic mass is 9.91. The molecule has 1 fully saturated rings. The first-order valence-corrected chi connectivity index (χ1v) is 14.2. The van der Waals surface area contributed by atoms with Crippen molar-refractivity contribution in [2.45, 2.75) is 31.0 Å². The number of urea groups is 1. The third-order valence-corrected chi connectivity index (χ3v) is 7.75. The average molecular weight is 688 g/mol. The van der Waals surface area contributed by atoms with Crippen molar-refractivity contribution in [2.24, 2.45) is 0 Å². The summed E-state index contributed by atoms with van der Waals surface area (Å²) in [6.07, 6.45) is 0.494. The maximum absolute atomic E-state index is 14.8. The summed E-state index contributed by atoms with van der Waals surface area (Å²) < 4.78 is 35.4. The largest absolute Gasteiger partial charge is 0.486 e. The molecule has 1 aliphatic rings. The maximum Gasteiger partial charge on any atom is 0.325 e. The minimum absolute atomic E-state index is 0.0740. The van der Waals surface area contributed by atoms with Crippen LogP contribution in [0.15, 0.2) is 72.9 Å². The van der Waals surface area contributed by atoms with E-state index in [0.717, 1.165) is 10.5 Å². The Morgan fingerprint density at radius 3 is 2.29 bits per heavy atom. The second kappa shape index (κ2) is 12.5. The molecule has 1 saturated heterocycles. The number of aliphatic hydroxyl groups is 2. The van der Waals surface area contributed by atoms with Crippen molar-refractivity contribution in [3.8, 4) is 17.0 Å². The van der Waals surface area contributed by atoms with Crippen LogP contribution in [0, 0.1) is 15.2 Å². The van der Waals surface area contributed by atoms with E-state index in [4.69, 9.17) is 4.74 Å². The summed E-state index contributed by atoms with van der Waals surface area (Å²) in [5.74, 6) is -1.97. The third-order valence-electron chi connectivity index (χ3n) is 7.12. The van der Waals surface area contributed by atoms with Gasteiger partial charge in [0.05, 0.1) is 30.7 Å². The van der Waals surface area contributed by atoms with Gasteiger partial charge in [-0.2, -0.15) is 0 Å². The van der Waals surface area contributed by atoms with E-state index in [-0.39, 0.29) is 30.3 Å². The van der Waals surface area contributed by atoms with Crippen LogP contribution >= 0.6 is 22.6 Å². The van der Waals surface area contributed by atoms with Crippen molar-refractivity contribution in [2.75, 3.05) is 13.2 Å². The number of imide groups is 1. The topological polar surface area (TPSA) is 128 Å². The molecule has 3 aromatic carbocycles. The van der Waals surface area contributed by atoms with Crippen LogP contribution in [0.25, 0.3) is 11.3 Å². The Morgan fingerprint density at radius 1 is 1.02 bits per heavy atom. The zero-order valence-electron chi connectivity index (χ0n) is 22.3. The zero-order valence-corrected chi connectivity index (χ0v) is 24.5. The van der Waals surface area contributed by atoms with Gasteiger partial charge in [0.1, 0.15) is 41.4 Å². The summed E-state index contributed by atoms with van der Waals surface area (Å²) in [5.41, 5.74) is 1.09. The van der Waals surface area contributed by atoms with Gasteiger partial charge in [0, 0.05) is 9.49 Å². The molecule has 5 rings (SSSR count). The zero-order chi connectivity index (χ0) is 30.0. The Labute approximate surface area is 253 Å². The van der Waals surface area contributed by atoms with Crippen molar-refractivity contribution in [1.82, 2.24) is 20.2 Å². The number of hydrogen-bond donors (Lipinski definition) is 4. The Bertz CT molecular complexity index is 1560. The second-order valence-corrected chi connectivity index (χ2v) is 11.1. The number of carbonyl (C=O) groups excluding carboxylic acids is 2. The van der Waals surface area contributed by atoms with E-state index in [1.165, 1.54) is 18.3 Å². The minimum Gasteiger partial charge on any atom is -0.486 e. The molecule has 0 spiro atoms. The highest BCUT2D eigenvalue weighted by Crippen LogP contribution is 2.39. The number of benzene rings is 3. The first kappa shape index (κ1) is 29.6. The summed E-state index contributed by atoms with van der Waals surface area (Å²) >= 11 is 1.82. The number of ether oxygens (including phenoxy) is 1. The molecule has 0 aliphatic carbocycles. The molecule has 42 heavy (non-hydrogen) atoms. The fourth-order valence-corrected chi connectivity index (χ4v) is 5.53. The molecule has 1 aromatic heterocycles. The number of halogens is 3. The molecule has 3 amide bonds. The van der Waals surface area contributed by atoms with Crippen molar-refractivity contribution in [1.29, 1.82) is 0 Å². The van der Waals surface area contributed by atoms with Crippen molar-refractivity contribution in [3.63, 3.8) is 0 Å². The van der Waals surface area contributed by atoms with Crippen LogP contribution in [0.1, 0.15) is 41.9 Å².